The van der Waals surface area contributed by atoms with E-state index in [1.165, 1.54) is 0 Å². The van der Waals surface area contributed by atoms with Crippen LogP contribution in [0.1, 0.15) is 30.2 Å². The van der Waals surface area contributed by atoms with E-state index in [1.54, 1.807) is 41.5 Å². The van der Waals surface area contributed by atoms with Crippen LogP contribution < -0.4 is 5.32 Å². The van der Waals surface area contributed by atoms with Gasteiger partial charge in [0.25, 0.3) is 5.89 Å². The number of carbonyl (C=O) groups is 1. The SMILES string of the molecule is CC1=C(c2nc(-c3cccc(Cl)c3)no2)C(c2ccc(Cl)cc2)NC(=O)N1Cc1ccco1. The van der Waals surface area contributed by atoms with E-state index in [0.717, 1.165) is 11.1 Å². The quantitative estimate of drug-likeness (QED) is 0.360. The first-order valence-corrected chi connectivity index (χ1v) is 10.9. The van der Waals surface area contributed by atoms with Crippen LogP contribution in [0, 0.1) is 0 Å². The summed E-state index contributed by atoms with van der Waals surface area (Å²) in [5, 5.41) is 8.37. The lowest BCUT2D eigenvalue weighted by molar-refractivity contribution is 0.199. The zero-order valence-electron chi connectivity index (χ0n) is 17.5. The van der Waals surface area contributed by atoms with E-state index >= 15 is 0 Å². The Bertz CT molecular complexity index is 1330. The molecule has 1 aliphatic rings. The predicted molar refractivity (Wildman–Crippen MR) is 124 cm³/mol. The van der Waals surface area contributed by atoms with Crippen molar-refractivity contribution in [2.45, 2.75) is 19.5 Å². The van der Waals surface area contributed by atoms with Crippen molar-refractivity contribution in [3.8, 4) is 11.4 Å². The molecule has 1 atom stereocenters. The summed E-state index contributed by atoms with van der Waals surface area (Å²) >= 11 is 12.2. The number of aromatic nitrogens is 2. The summed E-state index contributed by atoms with van der Waals surface area (Å²) in [4.78, 5) is 19.3. The minimum Gasteiger partial charge on any atom is -0.467 e. The van der Waals surface area contributed by atoms with Gasteiger partial charge >= 0.3 is 6.03 Å². The molecule has 0 aliphatic carbocycles. The van der Waals surface area contributed by atoms with E-state index in [9.17, 15) is 4.79 Å². The number of amides is 2. The average Bonchev–Trinajstić information content (AvgIpc) is 3.49. The fourth-order valence-electron chi connectivity index (χ4n) is 3.79. The van der Waals surface area contributed by atoms with Crippen molar-refractivity contribution in [2.24, 2.45) is 0 Å². The third kappa shape index (κ3) is 4.25. The summed E-state index contributed by atoms with van der Waals surface area (Å²) < 4.78 is 11.1. The number of furan rings is 1. The Hall–Kier alpha value is -3.55. The Balaban J connectivity index is 1.60. The molecule has 1 unspecified atom stereocenters. The maximum Gasteiger partial charge on any atom is 0.322 e. The van der Waals surface area contributed by atoms with Crippen LogP contribution in [-0.4, -0.2) is 21.1 Å². The molecule has 5 rings (SSSR count). The molecule has 1 N–H and O–H groups in total. The average molecular weight is 481 g/mol. The van der Waals surface area contributed by atoms with Crippen LogP contribution in [0.3, 0.4) is 0 Å². The lowest BCUT2D eigenvalue weighted by Gasteiger charge is -2.34. The van der Waals surface area contributed by atoms with Gasteiger partial charge in [-0.3, -0.25) is 4.90 Å². The molecule has 0 saturated heterocycles. The van der Waals surface area contributed by atoms with Crippen molar-refractivity contribution in [1.29, 1.82) is 0 Å². The first kappa shape index (κ1) is 21.3. The highest BCUT2D eigenvalue weighted by molar-refractivity contribution is 6.31. The number of benzene rings is 2. The number of nitrogens with one attached hydrogen (secondary N) is 1. The topological polar surface area (TPSA) is 84.4 Å². The molecule has 0 bridgehead atoms. The van der Waals surface area contributed by atoms with Gasteiger partial charge in [0, 0.05) is 21.3 Å². The fourth-order valence-corrected chi connectivity index (χ4v) is 4.11. The van der Waals surface area contributed by atoms with E-state index < -0.39 is 6.04 Å². The Kier molecular flexibility index (Phi) is 5.66. The molecule has 0 spiro atoms. The van der Waals surface area contributed by atoms with Crippen LogP contribution in [0.5, 0.6) is 0 Å². The minimum atomic E-state index is -0.504. The first-order chi connectivity index (χ1) is 16.0. The number of nitrogens with zero attached hydrogens (tertiary/aromatic N) is 3. The van der Waals surface area contributed by atoms with Gasteiger partial charge in [0.05, 0.1) is 24.4 Å². The number of urea groups is 1. The molecule has 2 aromatic heterocycles. The maximum absolute atomic E-state index is 13.1. The molecule has 1 aliphatic heterocycles. The van der Waals surface area contributed by atoms with Gasteiger partial charge in [-0.25, -0.2) is 4.79 Å². The van der Waals surface area contributed by atoms with Crippen LogP contribution in [0.15, 0.2) is 81.6 Å². The molecule has 3 heterocycles. The summed E-state index contributed by atoms with van der Waals surface area (Å²) in [5.74, 6) is 1.35. The Labute approximate surface area is 199 Å². The molecule has 0 fully saturated rings. The summed E-state index contributed by atoms with van der Waals surface area (Å²) in [6.45, 7) is 2.11. The Morgan fingerprint density at radius 3 is 2.61 bits per heavy atom. The number of hydrogen-bond acceptors (Lipinski definition) is 5. The normalized spacial score (nSPS) is 16.3. The largest absolute Gasteiger partial charge is 0.467 e. The highest BCUT2D eigenvalue weighted by atomic mass is 35.5. The number of hydrogen-bond donors (Lipinski definition) is 1. The Morgan fingerprint density at radius 2 is 1.88 bits per heavy atom. The van der Waals surface area contributed by atoms with Gasteiger partial charge in [0.15, 0.2) is 0 Å². The number of halogens is 2. The number of carbonyl (C=O) groups excluding carboxylic acids is 1. The van der Waals surface area contributed by atoms with Gasteiger partial charge in [0.2, 0.25) is 5.82 Å². The Morgan fingerprint density at radius 1 is 1.06 bits per heavy atom. The standard InChI is InChI=1S/C24H18Cl2N4O3/c1-14-20(23-28-22(29-33-23)16-4-2-5-18(26)12-16)21(15-7-9-17(25)10-8-15)27-24(31)30(14)13-19-6-3-11-32-19/h2-12,21H,13H2,1H3,(H,27,31). The lowest BCUT2D eigenvalue weighted by atomic mass is 9.94. The van der Waals surface area contributed by atoms with Crippen LogP contribution in [-0.2, 0) is 6.54 Å². The second kappa shape index (κ2) is 8.77. The monoisotopic (exact) mass is 480 g/mol. The van der Waals surface area contributed by atoms with Crippen molar-refractivity contribution in [1.82, 2.24) is 20.4 Å². The molecule has 166 valence electrons. The van der Waals surface area contributed by atoms with Crippen LogP contribution in [0.25, 0.3) is 17.0 Å². The second-order valence-electron chi connectivity index (χ2n) is 7.53. The molecule has 4 aromatic rings. The summed E-state index contributed by atoms with van der Waals surface area (Å²) in [6, 6.07) is 17.3. The molecule has 2 aromatic carbocycles. The van der Waals surface area contributed by atoms with Crippen LogP contribution >= 0.6 is 23.2 Å². The van der Waals surface area contributed by atoms with Crippen LogP contribution in [0.2, 0.25) is 10.0 Å². The minimum absolute atomic E-state index is 0.261. The highest BCUT2D eigenvalue weighted by Gasteiger charge is 2.36. The smallest absolute Gasteiger partial charge is 0.322 e. The summed E-state index contributed by atoms with van der Waals surface area (Å²) in [6.07, 6.45) is 1.57. The molecule has 0 saturated carbocycles. The van der Waals surface area contributed by atoms with Crippen molar-refractivity contribution < 1.29 is 13.7 Å². The molecular weight excluding hydrogens is 463 g/mol. The third-order valence-electron chi connectivity index (χ3n) is 5.43. The van der Waals surface area contributed by atoms with E-state index in [1.807, 2.05) is 37.3 Å². The summed E-state index contributed by atoms with van der Waals surface area (Å²) in [7, 11) is 0. The van der Waals surface area contributed by atoms with E-state index in [4.69, 9.17) is 32.1 Å². The molecule has 0 radical (unpaired) electrons. The summed E-state index contributed by atoms with van der Waals surface area (Å²) in [5.41, 5.74) is 2.92. The van der Waals surface area contributed by atoms with E-state index in [2.05, 4.69) is 15.5 Å². The third-order valence-corrected chi connectivity index (χ3v) is 5.92. The second-order valence-corrected chi connectivity index (χ2v) is 8.41. The van der Waals surface area contributed by atoms with Gasteiger partial charge < -0.3 is 14.3 Å². The van der Waals surface area contributed by atoms with Crippen molar-refractivity contribution in [3.63, 3.8) is 0 Å². The highest BCUT2D eigenvalue weighted by Crippen LogP contribution is 2.38. The first-order valence-electron chi connectivity index (χ1n) is 10.2. The zero-order chi connectivity index (χ0) is 22.9. The predicted octanol–water partition coefficient (Wildman–Crippen LogP) is 6.33. The fraction of sp³-hybridized carbons (Fsp3) is 0.125. The molecule has 33 heavy (non-hydrogen) atoms. The van der Waals surface area contributed by atoms with Gasteiger partial charge in [-0.15, -0.1) is 0 Å². The van der Waals surface area contributed by atoms with Crippen LogP contribution in [0.4, 0.5) is 4.79 Å². The van der Waals surface area contributed by atoms with Gasteiger partial charge in [-0.1, -0.05) is 52.6 Å². The maximum atomic E-state index is 13.1. The van der Waals surface area contributed by atoms with Gasteiger partial charge in [0.1, 0.15) is 5.76 Å². The molecule has 2 amide bonds. The van der Waals surface area contributed by atoms with Crippen molar-refractivity contribution in [2.75, 3.05) is 0 Å². The van der Waals surface area contributed by atoms with E-state index in [0.29, 0.717) is 38.8 Å². The van der Waals surface area contributed by atoms with Gasteiger partial charge in [-0.2, -0.15) is 4.98 Å². The van der Waals surface area contributed by atoms with E-state index in [-0.39, 0.29) is 12.6 Å². The molecule has 9 heteroatoms. The lowest BCUT2D eigenvalue weighted by Crippen LogP contribution is -2.45. The molecule has 7 nitrogen and oxygen atoms in total. The molecular formula is C24H18Cl2N4O3. The zero-order valence-corrected chi connectivity index (χ0v) is 19.0. The van der Waals surface area contributed by atoms with Gasteiger partial charge in [-0.05, 0) is 48.9 Å². The van der Waals surface area contributed by atoms with Crippen molar-refractivity contribution in [3.05, 3.63) is 99.9 Å². The number of rotatable bonds is 5. The number of allylic oxidation sites excluding steroid dienone is 1. The van der Waals surface area contributed by atoms with Crippen molar-refractivity contribution >= 4 is 34.8 Å².